The van der Waals surface area contributed by atoms with E-state index in [-0.39, 0.29) is 11.5 Å². The van der Waals surface area contributed by atoms with Crippen LogP contribution in [0.3, 0.4) is 0 Å². The predicted octanol–water partition coefficient (Wildman–Crippen LogP) is 1.71. The number of hydrogen-bond acceptors (Lipinski definition) is 4. The maximum atomic E-state index is 12.7. The highest BCUT2D eigenvalue weighted by Crippen LogP contribution is 2.46. The predicted molar refractivity (Wildman–Crippen MR) is 46.2 cm³/mol. The van der Waals surface area contributed by atoms with Crippen molar-refractivity contribution in [2.45, 2.75) is 6.29 Å². The van der Waals surface area contributed by atoms with E-state index in [2.05, 4.69) is 9.47 Å². The van der Waals surface area contributed by atoms with Gasteiger partial charge in [-0.3, -0.25) is 0 Å². The molecule has 1 aromatic rings. The van der Waals surface area contributed by atoms with Crippen molar-refractivity contribution in [3.63, 3.8) is 0 Å². The van der Waals surface area contributed by atoms with Crippen LogP contribution in [0.25, 0.3) is 0 Å². The number of carboxylic acids is 1. The number of rotatable bonds is 2. The van der Waals surface area contributed by atoms with E-state index in [1.54, 1.807) is 0 Å². The van der Waals surface area contributed by atoms with Gasteiger partial charge in [-0.15, -0.1) is 8.78 Å². The topological polar surface area (TPSA) is 65.0 Å². The first-order valence-corrected chi connectivity index (χ1v) is 4.15. The number of carbonyl (C=O) groups is 1. The lowest BCUT2D eigenvalue weighted by Gasteiger charge is -2.07. The van der Waals surface area contributed by atoms with Crippen molar-refractivity contribution in [2.24, 2.45) is 0 Å². The van der Waals surface area contributed by atoms with E-state index in [9.17, 15) is 13.6 Å². The lowest BCUT2D eigenvalue weighted by molar-refractivity contribution is -0.286. The number of ether oxygens (including phenoxy) is 3. The summed E-state index contributed by atoms with van der Waals surface area (Å²) in [6.45, 7) is 0. The normalized spacial score (nSPS) is 15.9. The van der Waals surface area contributed by atoms with Gasteiger partial charge in [0.25, 0.3) is 0 Å². The lowest BCUT2D eigenvalue weighted by Crippen LogP contribution is -2.26. The third-order valence-corrected chi connectivity index (χ3v) is 1.97. The second-order valence-electron chi connectivity index (χ2n) is 2.94. The van der Waals surface area contributed by atoms with Gasteiger partial charge in [-0.25, -0.2) is 4.79 Å². The molecular weight excluding hydrogens is 226 g/mol. The summed E-state index contributed by atoms with van der Waals surface area (Å²) < 4.78 is 38.4. The van der Waals surface area contributed by atoms with Crippen LogP contribution in [0.5, 0.6) is 17.2 Å². The van der Waals surface area contributed by atoms with Crippen molar-refractivity contribution in [3.05, 3.63) is 17.7 Å². The zero-order valence-corrected chi connectivity index (χ0v) is 7.99. The summed E-state index contributed by atoms with van der Waals surface area (Å²) >= 11 is 0. The van der Waals surface area contributed by atoms with Crippen molar-refractivity contribution in [1.29, 1.82) is 0 Å². The number of methoxy groups -OCH3 is 1. The maximum absolute atomic E-state index is 12.7. The molecular formula is C9H6F2O5. The molecule has 5 nitrogen and oxygen atoms in total. The summed E-state index contributed by atoms with van der Waals surface area (Å²) in [5.41, 5.74) is -0.489. The molecule has 0 fully saturated rings. The minimum atomic E-state index is -3.85. The SMILES string of the molecule is COc1ccc2c(c1C(=O)O)OC(F)(F)O2. The minimum Gasteiger partial charge on any atom is -0.496 e. The van der Waals surface area contributed by atoms with Gasteiger partial charge in [0.1, 0.15) is 11.3 Å². The fourth-order valence-corrected chi connectivity index (χ4v) is 1.37. The summed E-state index contributed by atoms with van der Waals surface area (Å²) in [5, 5.41) is 8.87. The van der Waals surface area contributed by atoms with E-state index in [0.29, 0.717) is 0 Å². The molecule has 86 valence electrons. The summed E-state index contributed by atoms with van der Waals surface area (Å²) in [5.74, 6) is -2.37. The maximum Gasteiger partial charge on any atom is 0.586 e. The highest BCUT2D eigenvalue weighted by molar-refractivity contribution is 5.95. The summed E-state index contributed by atoms with van der Waals surface area (Å²) in [6.07, 6.45) is -3.85. The first-order valence-electron chi connectivity index (χ1n) is 4.15. The Labute approximate surface area is 88.1 Å². The Kier molecular flexibility index (Phi) is 2.11. The molecule has 0 atom stereocenters. The van der Waals surface area contributed by atoms with E-state index in [1.807, 2.05) is 0 Å². The molecule has 1 heterocycles. The number of benzene rings is 1. The fraction of sp³-hybridized carbons (Fsp3) is 0.222. The first kappa shape index (κ1) is 10.5. The number of hydrogen-bond donors (Lipinski definition) is 1. The molecule has 0 saturated heterocycles. The van der Waals surface area contributed by atoms with Crippen LogP contribution in [0, 0.1) is 0 Å². The number of alkyl halides is 2. The number of carboxylic acid groups (broad SMARTS) is 1. The molecule has 0 spiro atoms. The van der Waals surface area contributed by atoms with Gasteiger partial charge in [-0.2, -0.15) is 0 Å². The standard InChI is InChI=1S/C9H6F2O5/c1-14-4-2-3-5-7(6(4)8(12)13)16-9(10,11)15-5/h2-3H,1H3,(H,12,13). The molecule has 7 heteroatoms. The minimum absolute atomic E-state index is 0.0763. The molecule has 0 aliphatic carbocycles. The summed E-state index contributed by atoms with van der Waals surface area (Å²) in [6, 6.07) is 2.37. The Hall–Kier alpha value is -2.05. The highest BCUT2D eigenvalue weighted by Gasteiger charge is 2.46. The fourth-order valence-electron chi connectivity index (χ4n) is 1.37. The van der Waals surface area contributed by atoms with E-state index >= 15 is 0 Å². The molecule has 0 radical (unpaired) electrons. The largest absolute Gasteiger partial charge is 0.586 e. The van der Waals surface area contributed by atoms with Crippen molar-refractivity contribution in [1.82, 2.24) is 0 Å². The Morgan fingerprint density at radius 1 is 1.44 bits per heavy atom. The van der Waals surface area contributed by atoms with E-state index in [4.69, 9.17) is 9.84 Å². The second-order valence-corrected chi connectivity index (χ2v) is 2.94. The molecule has 0 saturated carbocycles. The Morgan fingerprint density at radius 3 is 2.69 bits per heavy atom. The third kappa shape index (κ3) is 1.50. The number of aromatic carboxylic acids is 1. The van der Waals surface area contributed by atoms with Crippen LogP contribution in [-0.4, -0.2) is 24.5 Å². The van der Waals surface area contributed by atoms with Crippen LogP contribution in [0.1, 0.15) is 10.4 Å². The lowest BCUT2D eigenvalue weighted by atomic mass is 10.1. The average Bonchev–Trinajstić information content (AvgIpc) is 2.49. The number of halogens is 2. The van der Waals surface area contributed by atoms with Crippen LogP contribution in [0.2, 0.25) is 0 Å². The van der Waals surface area contributed by atoms with Crippen molar-refractivity contribution in [3.8, 4) is 17.2 Å². The summed E-state index contributed by atoms with van der Waals surface area (Å²) in [4.78, 5) is 10.9. The number of fused-ring (bicyclic) bond motifs is 1. The third-order valence-electron chi connectivity index (χ3n) is 1.97. The smallest absolute Gasteiger partial charge is 0.496 e. The molecule has 0 unspecified atom stereocenters. The Bertz CT molecular complexity index is 457. The first-order chi connectivity index (χ1) is 7.44. The molecule has 0 aromatic heterocycles. The average molecular weight is 232 g/mol. The van der Waals surface area contributed by atoms with Gasteiger partial charge in [0.2, 0.25) is 0 Å². The van der Waals surface area contributed by atoms with E-state index < -0.39 is 23.6 Å². The van der Waals surface area contributed by atoms with Gasteiger partial charge >= 0.3 is 12.3 Å². The molecule has 1 aromatic carbocycles. The quantitative estimate of drug-likeness (QED) is 0.840. The zero-order valence-electron chi connectivity index (χ0n) is 7.99. The Morgan fingerprint density at radius 2 is 2.12 bits per heavy atom. The summed E-state index contributed by atoms with van der Waals surface area (Å²) in [7, 11) is 1.22. The molecule has 2 rings (SSSR count). The molecule has 1 N–H and O–H groups in total. The van der Waals surface area contributed by atoms with Gasteiger partial charge < -0.3 is 19.3 Å². The molecule has 1 aliphatic heterocycles. The monoisotopic (exact) mass is 232 g/mol. The van der Waals surface area contributed by atoms with Crippen molar-refractivity contribution in [2.75, 3.05) is 7.11 Å². The molecule has 1 aliphatic rings. The van der Waals surface area contributed by atoms with Crippen LogP contribution < -0.4 is 14.2 Å². The van der Waals surface area contributed by atoms with Gasteiger partial charge in [0.15, 0.2) is 11.5 Å². The second kappa shape index (κ2) is 3.22. The zero-order chi connectivity index (χ0) is 11.9. The van der Waals surface area contributed by atoms with Gasteiger partial charge in [-0.05, 0) is 12.1 Å². The van der Waals surface area contributed by atoms with Crippen molar-refractivity contribution >= 4 is 5.97 Å². The molecule has 16 heavy (non-hydrogen) atoms. The van der Waals surface area contributed by atoms with Crippen LogP contribution in [-0.2, 0) is 0 Å². The van der Waals surface area contributed by atoms with Crippen LogP contribution in [0.4, 0.5) is 8.78 Å². The van der Waals surface area contributed by atoms with E-state index in [0.717, 1.165) is 6.07 Å². The molecule has 0 bridgehead atoms. The Balaban J connectivity index is 2.59. The van der Waals surface area contributed by atoms with Crippen molar-refractivity contribution < 1.29 is 32.9 Å². The van der Waals surface area contributed by atoms with Crippen LogP contribution in [0.15, 0.2) is 12.1 Å². The van der Waals surface area contributed by atoms with E-state index in [1.165, 1.54) is 13.2 Å². The van der Waals surface area contributed by atoms with Gasteiger partial charge in [0, 0.05) is 0 Å². The van der Waals surface area contributed by atoms with Gasteiger partial charge in [0.05, 0.1) is 7.11 Å². The molecule has 0 amide bonds. The highest BCUT2D eigenvalue weighted by atomic mass is 19.3. The van der Waals surface area contributed by atoms with Gasteiger partial charge in [-0.1, -0.05) is 0 Å². The van der Waals surface area contributed by atoms with Crippen LogP contribution >= 0.6 is 0 Å².